The van der Waals surface area contributed by atoms with Gasteiger partial charge in [0.15, 0.2) is 0 Å². The molecule has 2 aromatic rings. The highest BCUT2D eigenvalue weighted by Gasteiger charge is 2.36. The molecule has 2 amide bonds. The van der Waals surface area contributed by atoms with Crippen molar-refractivity contribution in [2.45, 2.75) is 6.42 Å². The number of hydrogen-bond acceptors (Lipinski definition) is 6. The number of nitrogens with one attached hydrogen (secondary N) is 1. The maximum atomic E-state index is 12.5. The van der Waals surface area contributed by atoms with Crippen LogP contribution >= 0.6 is 0 Å². The Balaban J connectivity index is 1.73. The molecule has 0 saturated carbocycles. The molecule has 0 unspecified atom stereocenters. The number of carbonyl (C=O) groups is 3. The maximum absolute atomic E-state index is 12.5. The van der Waals surface area contributed by atoms with Crippen LogP contribution in [0.25, 0.3) is 0 Å². The standard InChI is InChI=1S/C19H17N3O7/c1-29-16-9-14(22(27)28)6-7-15(16)21-10-12(8-17(21)23)18(24)20-13-4-2-11(3-5-13)19(25)26/h2-7,9,12H,8,10H2,1H3,(H,20,24)(H,25,26)/t12-/m1/s1. The summed E-state index contributed by atoms with van der Waals surface area (Å²) >= 11 is 0. The molecule has 1 fully saturated rings. The molecule has 29 heavy (non-hydrogen) atoms. The van der Waals surface area contributed by atoms with Gasteiger partial charge in [-0.2, -0.15) is 0 Å². The van der Waals surface area contributed by atoms with Crippen molar-refractivity contribution in [3.63, 3.8) is 0 Å². The van der Waals surface area contributed by atoms with Gasteiger partial charge in [-0.05, 0) is 30.3 Å². The third kappa shape index (κ3) is 4.15. The molecule has 1 saturated heterocycles. The second-order valence-electron chi connectivity index (χ2n) is 6.39. The van der Waals surface area contributed by atoms with Crippen LogP contribution in [0.1, 0.15) is 16.8 Å². The molecule has 2 N–H and O–H groups in total. The fourth-order valence-electron chi connectivity index (χ4n) is 3.06. The zero-order valence-electron chi connectivity index (χ0n) is 15.3. The first-order valence-corrected chi connectivity index (χ1v) is 8.57. The van der Waals surface area contributed by atoms with Gasteiger partial charge < -0.3 is 20.1 Å². The van der Waals surface area contributed by atoms with E-state index in [4.69, 9.17) is 9.84 Å². The molecule has 1 aliphatic rings. The quantitative estimate of drug-likeness (QED) is 0.561. The highest BCUT2D eigenvalue weighted by molar-refractivity contribution is 6.04. The fraction of sp³-hybridized carbons (Fsp3) is 0.211. The summed E-state index contributed by atoms with van der Waals surface area (Å²) in [7, 11) is 1.34. The molecule has 1 atom stereocenters. The second-order valence-corrected chi connectivity index (χ2v) is 6.39. The van der Waals surface area contributed by atoms with E-state index in [0.717, 1.165) is 0 Å². The number of methoxy groups -OCH3 is 1. The molecule has 2 aromatic carbocycles. The summed E-state index contributed by atoms with van der Waals surface area (Å²) in [5.41, 5.74) is 0.690. The van der Waals surface area contributed by atoms with Crippen LogP contribution < -0.4 is 15.0 Å². The van der Waals surface area contributed by atoms with E-state index in [1.807, 2.05) is 0 Å². The first-order valence-electron chi connectivity index (χ1n) is 8.57. The molecule has 150 valence electrons. The number of anilines is 2. The van der Waals surface area contributed by atoms with Crippen LogP contribution in [0.3, 0.4) is 0 Å². The van der Waals surface area contributed by atoms with Crippen LogP contribution in [0.4, 0.5) is 17.1 Å². The number of aromatic carboxylic acids is 1. The number of amides is 2. The Hall–Kier alpha value is -3.95. The van der Waals surface area contributed by atoms with E-state index in [0.29, 0.717) is 11.4 Å². The number of carbonyl (C=O) groups excluding carboxylic acids is 2. The normalized spacial score (nSPS) is 15.8. The lowest BCUT2D eigenvalue weighted by atomic mass is 10.1. The molecular formula is C19H17N3O7. The van der Waals surface area contributed by atoms with Crippen molar-refractivity contribution in [3.8, 4) is 5.75 Å². The molecule has 10 heteroatoms. The van der Waals surface area contributed by atoms with Crippen molar-refractivity contribution in [2.75, 3.05) is 23.9 Å². The molecule has 0 radical (unpaired) electrons. The molecule has 0 aliphatic carbocycles. The fourth-order valence-corrected chi connectivity index (χ4v) is 3.06. The number of rotatable bonds is 6. The average molecular weight is 399 g/mol. The predicted octanol–water partition coefficient (Wildman–Crippen LogP) is 2.29. The Labute approximate surface area is 164 Å². The van der Waals surface area contributed by atoms with E-state index in [1.165, 1.54) is 54.5 Å². The molecule has 0 bridgehead atoms. The zero-order chi connectivity index (χ0) is 21.1. The van der Waals surface area contributed by atoms with Gasteiger partial charge >= 0.3 is 5.97 Å². The largest absolute Gasteiger partial charge is 0.494 e. The summed E-state index contributed by atoms with van der Waals surface area (Å²) in [6.45, 7) is 0.0893. The molecule has 1 aliphatic heterocycles. The monoisotopic (exact) mass is 399 g/mol. The van der Waals surface area contributed by atoms with Crippen LogP contribution in [-0.4, -0.2) is 41.5 Å². The van der Waals surface area contributed by atoms with Gasteiger partial charge in [0, 0.05) is 24.7 Å². The van der Waals surface area contributed by atoms with Crippen molar-refractivity contribution in [3.05, 3.63) is 58.1 Å². The SMILES string of the molecule is COc1cc([N+](=O)[O-])ccc1N1C[C@H](C(=O)Nc2ccc(C(=O)O)cc2)CC1=O. The molecule has 3 rings (SSSR count). The van der Waals surface area contributed by atoms with E-state index in [1.54, 1.807) is 0 Å². The molecule has 0 aromatic heterocycles. The van der Waals surface area contributed by atoms with Crippen molar-refractivity contribution in [2.24, 2.45) is 5.92 Å². The Morgan fingerprint density at radius 2 is 1.93 bits per heavy atom. The summed E-state index contributed by atoms with van der Waals surface area (Å²) in [5.74, 6) is -2.24. The van der Waals surface area contributed by atoms with E-state index >= 15 is 0 Å². The van der Waals surface area contributed by atoms with E-state index in [-0.39, 0.29) is 41.8 Å². The number of nitrogens with zero attached hydrogens (tertiary/aromatic N) is 2. The van der Waals surface area contributed by atoms with Crippen molar-refractivity contribution < 1.29 is 29.2 Å². The lowest BCUT2D eigenvalue weighted by Gasteiger charge is -2.19. The minimum atomic E-state index is -1.07. The zero-order valence-corrected chi connectivity index (χ0v) is 15.3. The summed E-state index contributed by atoms with van der Waals surface area (Å²) in [6.07, 6.45) is -0.0286. The average Bonchev–Trinajstić information content (AvgIpc) is 3.09. The van der Waals surface area contributed by atoms with E-state index < -0.39 is 16.8 Å². The number of nitro benzene ring substituents is 1. The minimum absolute atomic E-state index is 0.0286. The lowest BCUT2D eigenvalue weighted by molar-refractivity contribution is -0.384. The van der Waals surface area contributed by atoms with Crippen LogP contribution in [0.2, 0.25) is 0 Å². The van der Waals surface area contributed by atoms with Crippen molar-refractivity contribution in [1.29, 1.82) is 0 Å². The van der Waals surface area contributed by atoms with Gasteiger partial charge in [-0.1, -0.05) is 0 Å². The third-order valence-electron chi connectivity index (χ3n) is 4.56. The van der Waals surface area contributed by atoms with Crippen molar-refractivity contribution in [1.82, 2.24) is 0 Å². The number of benzene rings is 2. The number of carboxylic acids is 1. The maximum Gasteiger partial charge on any atom is 0.335 e. The number of nitro groups is 1. The van der Waals surface area contributed by atoms with E-state index in [2.05, 4.69) is 5.32 Å². The Bertz CT molecular complexity index is 988. The van der Waals surface area contributed by atoms with Crippen LogP contribution in [-0.2, 0) is 9.59 Å². The number of carboxylic acid groups (broad SMARTS) is 1. The Morgan fingerprint density at radius 3 is 2.52 bits per heavy atom. The van der Waals surface area contributed by atoms with Crippen molar-refractivity contribution >= 4 is 34.8 Å². The van der Waals surface area contributed by atoms with Gasteiger partial charge in [-0.3, -0.25) is 19.7 Å². The molecule has 0 spiro atoms. The summed E-state index contributed by atoms with van der Waals surface area (Å²) in [5, 5.41) is 22.5. The Morgan fingerprint density at radius 1 is 1.24 bits per heavy atom. The van der Waals surface area contributed by atoms with Gasteiger partial charge in [0.05, 0.1) is 35.3 Å². The van der Waals surface area contributed by atoms with Gasteiger partial charge in [-0.15, -0.1) is 0 Å². The molecule has 10 nitrogen and oxygen atoms in total. The summed E-state index contributed by atoms with van der Waals surface area (Å²) in [4.78, 5) is 47.6. The Kier molecular flexibility index (Phi) is 5.44. The van der Waals surface area contributed by atoms with Crippen LogP contribution in [0, 0.1) is 16.0 Å². The molecular weight excluding hydrogens is 382 g/mol. The van der Waals surface area contributed by atoms with Crippen LogP contribution in [0.15, 0.2) is 42.5 Å². The number of non-ortho nitro benzene ring substituents is 1. The predicted molar refractivity (Wildman–Crippen MR) is 102 cm³/mol. The second kappa shape index (κ2) is 7.97. The van der Waals surface area contributed by atoms with Gasteiger partial charge in [0.2, 0.25) is 11.8 Å². The number of ether oxygens (including phenoxy) is 1. The highest BCUT2D eigenvalue weighted by atomic mass is 16.6. The number of hydrogen-bond donors (Lipinski definition) is 2. The van der Waals surface area contributed by atoms with Gasteiger partial charge in [0.25, 0.3) is 5.69 Å². The summed E-state index contributed by atoms with van der Waals surface area (Å²) in [6, 6.07) is 9.57. The highest BCUT2D eigenvalue weighted by Crippen LogP contribution is 2.36. The third-order valence-corrected chi connectivity index (χ3v) is 4.56. The smallest absolute Gasteiger partial charge is 0.335 e. The van der Waals surface area contributed by atoms with Crippen LogP contribution in [0.5, 0.6) is 5.75 Å². The van der Waals surface area contributed by atoms with Gasteiger partial charge in [-0.25, -0.2) is 4.79 Å². The molecule has 1 heterocycles. The topological polar surface area (TPSA) is 139 Å². The van der Waals surface area contributed by atoms with Gasteiger partial charge in [0.1, 0.15) is 5.75 Å². The summed E-state index contributed by atoms with van der Waals surface area (Å²) < 4.78 is 5.17. The lowest BCUT2D eigenvalue weighted by Crippen LogP contribution is -2.28. The van der Waals surface area contributed by atoms with E-state index in [9.17, 15) is 24.5 Å². The first-order chi connectivity index (χ1) is 13.8. The minimum Gasteiger partial charge on any atom is -0.494 e. The first kappa shape index (κ1) is 19.8.